The van der Waals surface area contributed by atoms with Crippen molar-refractivity contribution in [2.75, 3.05) is 6.54 Å². The Balaban J connectivity index is 1.66. The second kappa shape index (κ2) is 7.39. The van der Waals surface area contributed by atoms with Crippen molar-refractivity contribution in [3.8, 4) is 11.4 Å². The van der Waals surface area contributed by atoms with E-state index in [0.717, 1.165) is 22.3 Å². The van der Waals surface area contributed by atoms with Crippen LogP contribution in [0.4, 0.5) is 0 Å². The molecule has 6 nitrogen and oxygen atoms in total. The number of aryl methyl sites for hydroxylation is 3. The lowest BCUT2D eigenvalue weighted by Crippen LogP contribution is -2.27. The predicted octanol–water partition coefficient (Wildman–Crippen LogP) is 2.92. The molecular formula is C19H22N4O2S. The van der Waals surface area contributed by atoms with Crippen molar-refractivity contribution >= 4 is 10.0 Å². The van der Waals surface area contributed by atoms with Gasteiger partial charge in [0.25, 0.3) is 0 Å². The molecule has 0 fully saturated rings. The maximum atomic E-state index is 12.6. The molecule has 0 aliphatic rings. The molecule has 3 rings (SSSR count). The number of rotatable bonds is 6. The Morgan fingerprint density at radius 1 is 1.00 bits per heavy atom. The van der Waals surface area contributed by atoms with Crippen molar-refractivity contribution in [3.63, 3.8) is 0 Å². The zero-order valence-corrected chi connectivity index (χ0v) is 15.9. The molecular weight excluding hydrogens is 348 g/mol. The number of benzene rings is 2. The average molecular weight is 370 g/mol. The van der Waals surface area contributed by atoms with Gasteiger partial charge in [0.05, 0.1) is 4.90 Å². The third-order valence-electron chi connectivity index (χ3n) is 4.30. The molecule has 0 saturated heterocycles. The second-order valence-electron chi connectivity index (χ2n) is 6.32. The first-order valence-corrected chi connectivity index (χ1v) is 9.89. The summed E-state index contributed by atoms with van der Waals surface area (Å²) in [5.74, 6) is 1.25. The first kappa shape index (κ1) is 18.3. The maximum absolute atomic E-state index is 12.6. The van der Waals surface area contributed by atoms with E-state index in [9.17, 15) is 8.42 Å². The Morgan fingerprint density at radius 2 is 1.69 bits per heavy atom. The molecule has 7 heteroatoms. The van der Waals surface area contributed by atoms with Crippen LogP contribution in [0.3, 0.4) is 0 Å². The highest BCUT2D eigenvalue weighted by atomic mass is 32.2. The Labute approximate surface area is 153 Å². The topological polar surface area (TPSA) is 87.7 Å². The normalized spacial score (nSPS) is 11.7. The summed E-state index contributed by atoms with van der Waals surface area (Å²) in [7, 11) is -3.56. The summed E-state index contributed by atoms with van der Waals surface area (Å²) in [6.07, 6.45) is 0.433. The third kappa shape index (κ3) is 4.00. The van der Waals surface area contributed by atoms with E-state index in [1.807, 2.05) is 57.2 Å². The Morgan fingerprint density at radius 3 is 2.42 bits per heavy atom. The Bertz CT molecular complexity index is 1010. The van der Waals surface area contributed by atoms with Gasteiger partial charge in [-0.05, 0) is 43.5 Å². The van der Waals surface area contributed by atoms with Crippen LogP contribution in [0.1, 0.15) is 22.5 Å². The van der Waals surface area contributed by atoms with E-state index in [2.05, 4.69) is 19.9 Å². The molecule has 0 amide bonds. The summed E-state index contributed by atoms with van der Waals surface area (Å²) in [5.41, 5.74) is 3.70. The van der Waals surface area contributed by atoms with E-state index in [-0.39, 0.29) is 6.54 Å². The average Bonchev–Trinajstić information content (AvgIpc) is 3.07. The van der Waals surface area contributed by atoms with Gasteiger partial charge in [-0.1, -0.05) is 36.4 Å². The van der Waals surface area contributed by atoms with Crippen molar-refractivity contribution in [2.24, 2.45) is 0 Å². The third-order valence-corrected chi connectivity index (χ3v) is 5.90. The van der Waals surface area contributed by atoms with Crippen LogP contribution in [0.15, 0.2) is 47.4 Å². The highest BCUT2D eigenvalue weighted by molar-refractivity contribution is 7.89. The van der Waals surface area contributed by atoms with Crippen molar-refractivity contribution in [3.05, 3.63) is 65.0 Å². The fraction of sp³-hybridized carbons (Fsp3) is 0.263. The van der Waals surface area contributed by atoms with Crippen LogP contribution < -0.4 is 4.72 Å². The quantitative estimate of drug-likeness (QED) is 0.698. The minimum atomic E-state index is -3.56. The van der Waals surface area contributed by atoms with Gasteiger partial charge in [0, 0.05) is 18.5 Å². The van der Waals surface area contributed by atoms with Gasteiger partial charge >= 0.3 is 0 Å². The van der Waals surface area contributed by atoms with Gasteiger partial charge in [-0.2, -0.15) is 5.10 Å². The van der Waals surface area contributed by atoms with Crippen molar-refractivity contribution in [2.45, 2.75) is 32.1 Å². The number of aromatic amines is 1. The molecule has 0 atom stereocenters. The van der Waals surface area contributed by atoms with Gasteiger partial charge < -0.3 is 0 Å². The smallest absolute Gasteiger partial charge is 0.240 e. The van der Waals surface area contributed by atoms with Crippen molar-refractivity contribution in [1.82, 2.24) is 19.9 Å². The molecule has 0 spiro atoms. The zero-order chi connectivity index (χ0) is 18.7. The van der Waals surface area contributed by atoms with Crippen LogP contribution in [0.5, 0.6) is 0 Å². The van der Waals surface area contributed by atoms with Crippen LogP contribution in [-0.2, 0) is 16.4 Å². The number of hydrogen-bond donors (Lipinski definition) is 2. The van der Waals surface area contributed by atoms with Gasteiger partial charge in [0.2, 0.25) is 10.0 Å². The molecule has 3 aromatic rings. The minimum absolute atomic E-state index is 0.248. The van der Waals surface area contributed by atoms with E-state index < -0.39 is 10.0 Å². The summed E-state index contributed by atoms with van der Waals surface area (Å²) in [5, 5.41) is 7.04. The van der Waals surface area contributed by atoms with Gasteiger partial charge in [-0.25, -0.2) is 18.1 Å². The van der Waals surface area contributed by atoms with Crippen LogP contribution >= 0.6 is 0 Å². The fourth-order valence-corrected chi connectivity index (χ4v) is 4.07. The Hall–Kier alpha value is -2.51. The van der Waals surface area contributed by atoms with E-state index >= 15 is 0 Å². The standard InChI is InChI=1S/C19H22N4O2S/c1-13-11-15(3)17(12-14(13)2)26(24,25)20-10-9-18-21-19(23-22-18)16-7-5-4-6-8-16/h4-8,11-12,20H,9-10H2,1-3H3,(H,21,22,23). The number of H-pyrrole nitrogens is 1. The first-order chi connectivity index (χ1) is 12.4. The number of nitrogens with one attached hydrogen (secondary N) is 2. The predicted molar refractivity (Wildman–Crippen MR) is 101 cm³/mol. The van der Waals surface area contributed by atoms with E-state index in [0.29, 0.717) is 23.0 Å². The SMILES string of the molecule is Cc1cc(C)c(S(=O)(=O)NCCc2nc(-c3ccccc3)n[nH]2)cc1C. The molecule has 2 aromatic carbocycles. The minimum Gasteiger partial charge on any atom is -0.263 e. The largest absolute Gasteiger partial charge is 0.263 e. The van der Waals surface area contributed by atoms with E-state index in [1.54, 1.807) is 6.07 Å². The van der Waals surface area contributed by atoms with Crippen LogP contribution in [0, 0.1) is 20.8 Å². The van der Waals surface area contributed by atoms with E-state index in [4.69, 9.17) is 0 Å². The number of sulfonamides is 1. The van der Waals surface area contributed by atoms with Crippen LogP contribution in [-0.4, -0.2) is 30.1 Å². The molecule has 0 unspecified atom stereocenters. The first-order valence-electron chi connectivity index (χ1n) is 8.41. The molecule has 136 valence electrons. The van der Waals surface area contributed by atoms with Gasteiger partial charge in [0.1, 0.15) is 5.82 Å². The van der Waals surface area contributed by atoms with Gasteiger partial charge in [-0.3, -0.25) is 5.10 Å². The van der Waals surface area contributed by atoms with E-state index in [1.165, 1.54) is 0 Å². The molecule has 0 bridgehead atoms. The molecule has 0 aliphatic heterocycles. The fourth-order valence-electron chi connectivity index (χ4n) is 2.73. The number of nitrogens with zero attached hydrogens (tertiary/aromatic N) is 2. The summed E-state index contributed by atoms with van der Waals surface area (Å²) in [6.45, 7) is 5.94. The number of aromatic nitrogens is 3. The van der Waals surface area contributed by atoms with Crippen LogP contribution in [0.2, 0.25) is 0 Å². The summed E-state index contributed by atoms with van der Waals surface area (Å²) >= 11 is 0. The monoisotopic (exact) mass is 370 g/mol. The second-order valence-corrected chi connectivity index (χ2v) is 8.06. The maximum Gasteiger partial charge on any atom is 0.240 e. The number of hydrogen-bond acceptors (Lipinski definition) is 4. The summed E-state index contributed by atoms with van der Waals surface area (Å²) in [6, 6.07) is 13.2. The highest BCUT2D eigenvalue weighted by Crippen LogP contribution is 2.20. The van der Waals surface area contributed by atoms with Crippen molar-refractivity contribution in [1.29, 1.82) is 0 Å². The van der Waals surface area contributed by atoms with Gasteiger partial charge in [0.15, 0.2) is 5.82 Å². The molecule has 1 heterocycles. The molecule has 1 aromatic heterocycles. The summed E-state index contributed by atoms with van der Waals surface area (Å²) < 4.78 is 27.8. The highest BCUT2D eigenvalue weighted by Gasteiger charge is 2.17. The van der Waals surface area contributed by atoms with Gasteiger partial charge in [-0.15, -0.1) is 0 Å². The van der Waals surface area contributed by atoms with Crippen LogP contribution in [0.25, 0.3) is 11.4 Å². The Kier molecular flexibility index (Phi) is 5.20. The lowest BCUT2D eigenvalue weighted by atomic mass is 10.1. The molecule has 2 N–H and O–H groups in total. The zero-order valence-electron chi connectivity index (χ0n) is 15.1. The molecule has 26 heavy (non-hydrogen) atoms. The lowest BCUT2D eigenvalue weighted by Gasteiger charge is -2.11. The molecule has 0 radical (unpaired) electrons. The van der Waals surface area contributed by atoms with Crippen molar-refractivity contribution < 1.29 is 8.42 Å². The molecule has 0 aliphatic carbocycles. The molecule has 0 saturated carbocycles. The lowest BCUT2D eigenvalue weighted by molar-refractivity contribution is 0.580. The summed E-state index contributed by atoms with van der Waals surface area (Å²) in [4.78, 5) is 4.74.